The highest BCUT2D eigenvalue weighted by Crippen LogP contribution is 2.32. The molecule has 0 aliphatic carbocycles. The number of methoxy groups -OCH3 is 1. The van der Waals surface area contributed by atoms with Gasteiger partial charge in [0.1, 0.15) is 19.0 Å². The quantitative estimate of drug-likeness (QED) is 0.341. The van der Waals surface area contributed by atoms with Crippen LogP contribution in [0.15, 0.2) is 41.6 Å². The van der Waals surface area contributed by atoms with Gasteiger partial charge in [0, 0.05) is 5.56 Å². The summed E-state index contributed by atoms with van der Waals surface area (Å²) in [7, 11) is 1.57. The first kappa shape index (κ1) is 19.6. The summed E-state index contributed by atoms with van der Waals surface area (Å²) in [6.45, 7) is 9.42. The van der Waals surface area contributed by atoms with Crippen LogP contribution in [0.2, 0.25) is 0 Å². The van der Waals surface area contributed by atoms with E-state index >= 15 is 0 Å². The average molecular weight is 357 g/mol. The number of nitrogens with zero attached hydrogens (tertiary/aromatic N) is 1. The number of ether oxygens (including phenoxy) is 3. The molecule has 0 aliphatic heterocycles. The number of oxime groups is 1. The van der Waals surface area contributed by atoms with E-state index < -0.39 is 0 Å². The lowest BCUT2D eigenvalue weighted by Gasteiger charge is -2.23. The predicted molar refractivity (Wildman–Crippen MR) is 103 cm³/mol. The molecular weight excluding hydrogens is 330 g/mol. The molecule has 0 unspecified atom stereocenters. The van der Waals surface area contributed by atoms with Gasteiger partial charge in [-0.2, -0.15) is 0 Å². The topological polar surface area (TPSA) is 60.3 Å². The Labute approximate surface area is 155 Å². The molecule has 0 saturated carbocycles. The van der Waals surface area contributed by atoms with Crippen molar-refractivity contribution in [3.63, 3.8) is 0 Å². The SMILES string of the molecule is COc1cc(C=NO)ccc1OCCOc1ccc(C)cc1C(C)(C)C. The summed E-state index contributed by atoms with van der Waals surface area (Å²) in [6.07, 6.45) is 1.33. The number of benzene rings is 2. The molecule has 0 amide bonds. The zero-order valence-electron chi connectivity index (χ0n) is 16.1. The average Bonchev–Trinajstić information content (AvgIpc) is 2.60. The number of hydrogen-bond acceptors (Lipinski definition) is 5. The fourth-order valence-electron chi connectivity index (χ4n) is 2.61. The van der Waals surface area contributed by atoms with Crippen LogP contribution in [0.4, 0.5) is 0 Å². The lowest BCUT2D eigenvalue weighted by molar-refractivity contribution is 0.208. The van der Waals surface area contributed by atoms with Crippen LogP contribution < -0.4 is 14.2 Å². The van der Waals surface area contributed by atoms with Crippen molar-refractivity contribution in [1.82, 2.24) is 0 Å². The first-order chi connectivity index (χ1) is 12.3. The van der Waals surface area contributed by atoms with Gasteiger partial charge in [-0.25, -0.2) is 0 Å². The van der Waals surface area contributed by atoms with Crippen molar-refractivity contribution in [2.45, 2.75) is 33.1 Å². The minimum Gasteiger partial charge on any atom is -0.493 e. The highest BCUT2D eigenvalue weighted by molar-refractivity contribution is 5.80. The molecule has 0 bridgehead atoms. The van der Waals surface area contributed by atoms with Crippen LogP contribution in [-0.4, -0.2) is 31.7 Å². The second kappa shape index (κ2) is 8.61. The Kier molecular flexibility index (Phi) is 6.50. The van der Waals surface area contributed by atoms with Gasteiger partial charge >= 0.3 is 0 Å². The van der Waals surface area contributed by atoms with Crippen LogP contribution in [0.3, 0.4) is 0 Å². The molecule has 0 atom stereocenters. The van der Waals surface area contributed by atoms with Crippen molar-refractivity contribution in [3.8, 4) is 17.2 Å². The molecule has 2 rings (SSSR count). The zero-order chi connectivity index (χ0) is 19.2. The fraction of sp³-hybridized carbons (Fsp3) is 0.381. The summed E-state index contributed by atoms with van der Waals surface area (Å²) < 4.78 is 17.0. The minimum absolute atomic E-state index is 0.00945. The fourth-order valence-corrected chi connectivity index (χ4v) is 2.61. The van der Waals surface area contributed by atoms with E-state index in [1.807, 2.05) is 6.07 Å². The zero-order valence-corrected chi connectivity index (χ0v) is 16.1. The van der Waals surface area contributed by atoms with E-state index in [1.165, 1.54) is 17.3 Å². The third kappa shape index (κ3) is 5.15. The first-order valence-electron chi connectivity index (χ1n) is 8.57. The van der Waals surface area contributed by atoms with Crippen molar-refractivity contribution in [1.29, 1.82) is 0 Å². The third-order valence-electron chi connectivity index (χ3n) is 3.94. The van der Waals surface area contributed by atoms with E-state index in [9.17, 15) is 0 Å². The van der Waals surface area contributed by atoms with E-state index in [0.29, 0.717) is 24.7 Å². The van der Waals surface area contributed by atoms with Crippen molar-refractivity contribution >= 4 is 6.21 Å². The standard InChI is InChI=1S/C21H27NO4/c1-15-6-8-18(17(12-15)21(2,3)4)25-10-11-26-19-9-7-16(14-22-23)13-20(19)24-5/h6-9,12-14,23H,10-11H2,1-5H3. The predicted octanol–water partition coefficient (Wildman–Crippen LogP) is 4.57. The first-order valence-corrected chi connectivity index (χ1v) is 8.57. The smallest absolute Gasteiger partial charge is 0.161 e. The van der Waals surface area contributed by atoms with Crippen LogP contribution in [0, 0.1) is 6.92 Å². The Bertz CT molecular complexity index is 763. The Hall–Kier alpha value is -2.69. The molecule has 0 heterocycles. The molecule has 5 heteroatoms. The Morgan fingerprint density at radius 3 is 2.23 bits per heavy atom. The van der Waals surface area contributed by atoms with E-state index in [0.717, 1.165) is 11.3 Å². The normalized spacial score (nSPS) is 11.6. The molecule has 2 aromatic rings. The van der Waals surface area contributed by atoms with Gasteiger partial charge in [0.2, 0.25) is 0 Å². The van der Waals surface area contributed by atoms with E-state index in [4.69, 9.17) is 19.4 Å². The van der Waals surface area contributed by atoms with Crippen molar-refractivity contribution in [2.75, 3.05) is 20.3 Å². The van der Waals surface area contributed by atoms with E-state index in [-0.39, 0.29) is 5.41 Å². The van der Waals surface area contributed by atoms with Crippen LogP contribution in [-0.2, 0) is 5.41 Å². The maximum atomic E-state index is 8.61. The maximum absolute atomic E-state index is 8.61. The molecule has 2 aromatic carbocycles. The summed E-state index contributed by atoms with van der Waals surface area (Å²) in [5, 5.41) is 11.6. The van der Waals surface area contributed by atoms with Gasteiger partial charge in [0.15, 0.2) is 11.5 Å². The molecule has 0 saturated heterocycles. The van der Waals surface area contributed by atoms with Crippen LogP contribution in [0.25, 0.3) is 0 Å². The number of hydrogen-bond donors (Lipinski definition) is 1. The van der Waals surface area contributed by atoms with Crippen molar-refractivity contribution in [3.05, 3.63) is 53.1 Å². The second-order valence-corrected chi connectivity index (χ2v) is 7.10. The lowest BCUT2D eigenvalue weighted by Crippen LogP contribution is -2.16. The van der Waals surface area contributed by atoms with Crippen LogP contribution in [0.5, 0.6) is 17.2 Å². The number of aryl methyl sites for hydroxylation is 1. The van der Waals surface area contributed by atoms with Crippen LogP contribution in [0.1, 0.15) is 37.5 Å². The Morgan fingerprint density at radius 2 is 1.62 bits per heavy atom. The van der Waals surface area contributed by atoms with Crippen molar-refractivity contribution < 1.29 is 19.4 Å². The highest BCUT2D eigenvalue weighted by atomic mass is 16.5. The van der Waals surface area contributed by atoms with Gasteiger partial charge in [-0.05, 0) is 42.2 Å². The van der Waals surface area contributed by atoms with E-state index in [2.05, 4.69) is 45.0 Å². The molecule has 1 N–H and O–H groups in total. The van der Waals surface area contributed by atoms with Gasteiger partial charge in [0.05, 0.1) is 13.3 Å². The van der Waals surface area contributed by atoms with E-state index in [1.54, 1.807) is 25.3 Å². The molecule has 26 heavy (non-hydrogen) atoms. The minimum atomic E-state index is 0.00945. The Morgan fingerprint density at radius 1 is 0.962 bits per heavy atom. The second-order valence-electron chi connectivity index (χ2n) is 7.10. The number of rotatable bonds is 7. The van der Waals surface area contributed by atoms with Gasteiger partial charge in [-0.3, -0.25) is 0 Å². The molecule has 0 fully saturated rings. The summed E-state index contributed by atoms with van der Waals surface area (Å²) in [6, 6.07) is 11.5. The molecule has 0 radical (unpaired) electrons. The molecule has 0 aliphatic rings. The van der Waals surface area contributed by atoms with Crippen molar-refractivity contribution in [2.24, 2.45) is 5.16 Å². The lowest BCUT2D eigenvalue weighted by atomic mass is 9.85. The summed E-state index contributed by atoms with van der Waals surface area (Å²) in [5.74, 6) is 2.08. The van der Waals surface area contributed by atoms with Gasteiger partial charge in [0.25, 0.3) is 0 Å². The highest BCUT2D eigenvalue weighted by Gasteiger charge is 2.19. The van der Waals surface area contributed by atoms with Gasteiger partial charge in [-0.1, -0.05) is 43.6 Å². The largest absolute Gasteiger partial charge is 0.493 e. The monoisotopic (exact) mass is 357 g/mol. The summed E-state index contributed by atoms with van der Waals surface area (Å²) >= 11 is 0. The summed E-state index contributed by atoms with van der Waals surface area (Å²) in [4.78, 5) is 0. The van der Waals surface area contributed by atoms with Crippen LogP contribution >= 0.6 is 0 Å². The Balaban J connectivity index is 2.00. The summed E-state index contributed by atoms with van der Waals surface area (Å²) in [5.41, 5.74) is 3.13. The molecule has 5 nitrogen and oxygen atoms in total. The molecule has 140 valence electrons. The third-order valence-corrected chi connectivity index (χ3v) is 3.94. The molecule has 0 aromatic heterocycles. The van der Waals surface area contributed by atoms with Gasteiger partial charge < -0.3 is 19.4 Å². The van der Waals surface area contributed by atoms with Gasteiger partial charge in [-0.15, -0.1) is 0 Å². The molecular formula is C21H27NO4. The maximum Gasteiger partial charge on any atom is 0.161 e. The molecule has 0 spiro atoms.